The predicted octanol–water partition coefficient (Wildman–Crippen LogP) is 1.86. The molecule has 3 heteroatoms. The third-order valence-electron chi connectivity index (χ3n) is 3.31. The number of rotatable bonds is 2. The van der Waals surface area contributed by atoms with Crippen LogP contribution in [0.2, 0.25) is 0 Å². The molecule has 0 aromatic heterocycles. The summed E-state index contributed by atoms with van der Waals surface area (Å²) in [6.07, 6.45) is 3.16. The second-order valence-electron chi connectivity index (χ2n) is 4.11. The minimum Gasteiger partial charge on any atom is -0.481 e. The summed E-state index contributed by atoms with van der Waals surface area (Å²) in [4.78, 5) is 22.4. The highest BCUT2D eigenvalue weighted by molar-refractivity contribution is 5.89. The fraction of sp³-hybridized carbons (Fsp3) is 0.800. The van der Waals surface area contributed by atoms with Crippen molar-refractivity contribution < 1.29 is 14.7 Å². The zero-order valence-corrected chi connectivity index (χ0v) is 8.17. The number of ketones is 1. The van der Waals surface area contributed by atoms with Crippen molar-refractivity contribution in [3.05, 3.63) is 0 Å². The van der Waals surface area contributed by atoms with Crippen LogP contribution >= 0.6 is 0 Å². The van der Waals surface area contributed by atoms with E-state index in [1.165, 1.54) is 0 Å². The first-order valence-electron chi connectivity index (χ1n) is 4.74. The van der Waals surface area contributed by atoms with E-state index in [1.807, 2.05) is 0 Å². The normalized spacial score (nSPS) is 31.4. The van der Waals surface area contributed by atoms with E-state index in [9.17, 15) is 9.59 Å². The Kier molecular flexibility index (Phi) is 2.74. The summed E-state index contributed by atoms with van der Waals surface area (Å²) in [7, 11) is 0. The van der Waals surface area contributed by atoms with Gasteiger partial charge in [0.1, 0.15) is 5.78 Å². The molecule has 1 rings (SSSR count). The quantitative estimate of drug-likeness (QED) is 0.712. The molecule has 1 aliphatic rings. The zero-order valence-electron chi connectivity index (χ0n) is 8.17. The van der Waals surface area contributed by atoms with E-state index in [0.29, 0.717) is 6.42 Å². The summed E-state index contributed by atoms with van der Waals surface area (Å²) in [6, 6.07) is 0. The van der Waals surface area contributed by atoms with Crippen molar-refractivity contribution in [3.8, 4) is 0 Å². The Hall–Kier alpha value is -0.860. The van der Waals surface area contributed by atoms with Crippen LogP contribution in [0.15, 0.2) is 0 Å². The van der Waals surface area contributed by atoms with Gasteiger partial charge < -0.3 is 5.11 Å². The van der Waals surface area contributed by atoms with Gasteiger partial charge in [0.25, 0.3) is 0 Å². The Balaban J connectivity index is 2.83. The Labute approximate surface area is 78.1 Å². The molecule has 0 radical (unpaired) electrons. The number of Topliss-reactive ketones (excluding diaryl/α,β-unsaturated/α-hetero) is 1. The zero-order chi connectivity index (χ0) is 10.1. The first-order valence-corrected chi connectivity index (χ1v) is 4.74. The third kappa shape index (κ3) is 1.74. The molecule has 2 atom stereocenters. The predicted molar refractivity (Wildman–Crippen MR) is 48.4 cm³/mol. The van der Waals surface area contributed by atoms with E-state index in [1.54, 1.807) is 13.8 Å². The first-order chi connectivity index (χ1) is 5.98. The van der Waals surface area contributed by atoms with Crippen LogP contribution < -0.4 is 0 Å². The molecule has 1 saturated carbocycles. The molecular weight excluding hydrogens is 168 g/mol. The molecule has 1 unspecified atom stereocenters. The standard InChI is InChI=1S/C10H16O3/c1-7(9(12)13)10(2)6-4-3-5-8(10)11/h7H,3-6H2,1-2H3,(H,12,13)/t7?,10-/m1/s1. The molecule has 3 nitrogen and oxygen atoms in total. The van der Waals surface area contributed by atoms with Crippen LogP contribution in [-0.4, -0.2) is 16.9 Å². The van der Waals surface area contributed by atoms with Crippen LogP contribution in [0.5, 0.6) is 0 Å². The molecule has 74 valence electrons. The first kappa shape index (κ1) is 10.2. The summed E-state index contributed by atoms with van der Waals surface area (Å²) in [5.41, 5.74) is -0.621. The maximum atomic E-state index is 11.6. The van der Waals surface area contributed by atoms with Gasteiger partial charge in [-0.05, 0) is 12.8 Å². The van der Waals surface area contributed by atoms with Crippen LogP contribution in [-0.2, 0) is 9.59 Å². The fourth-order valence-corrected chi connectivity index (χ4v) is 1.93. The van der Waals surface area contributed by atoms with Gasteiger partial charge in [-0.15, -0.1) is 0 Å². The molecule has 0 aromatic rings. The fourth-order valence-electron chi connectivity index (χ4n) is 1.93. The highest BCUT2D eigenvalue weighted by Gasteiger charge is 2.43. The molecule has 0 amide bonds. The minimum absolute atomic E-state index is 0.119. The Bertz CT molecular complexity index is 234. The number of aliphatic carboxylic acids is 1. The number of carboxylic acid groups (broad SMARTS) is 1. The minimum atomic E-state index is -0.863. The van der Waals surface area contributed by atoms with Gasteiger partial charge in [0.05, 0.1) is 5.92 Å². The Morgan fingerprint density at radius 1 is 1.54 bits per heavy atom. The van der Waals surface area contributed by atoms with Gasteiger partial charge >= 0.3 is 5.97 Å². The lowest BCUT2D eigenvalue weighted by molar-refractivity contribution is -0.152. The van der Waals surface area contributed by atoms with E-state index >= 15 is 0 Å². The van der Waals surface area contributed by atoms with Crippen molar-refractivity contribution in [3.63, 3.8) is 0 Å². The van der Waals surface area contributed by atoms with Gasteiger partial charge in [0, 0.05) is 11.8 Å². The molecule has 1 N–H and O–H groups in total. The van der Waals surface area contributed by atoms with E-state index < -0.39 is 17.3 Å². The lowest BCUT2D eigenvalue weighted by atomic mass is 9.67. The van der Waals surface area contributed by atoms with Gasteiger partial charge in [0.15, 0.2) is 0 Å². The maximum absolute atomic E-state index is 11.6. The number of hydrogen-bond acceptors (Lipinski definition) is 2. The molecule has 0 spiro atoms. The van der Waals surface area contributed by atoms with Gasteiger partial charge in [-0.3, -0.25) is 9.59 Å². The van der Waals surface area contributed by atoms with Crippen molar-refractivity contribution in [2.75, 3.05) is 0 Å². The molecule has 0 aromatic carbocycles. The van der Waals surface area contributed by atoms with Crippen molar-refractivity contribution >= 4 is 11.8 Å². The number of carboxylic acids is 1. The van der Waals surface area contributed by atoms with Crippen molar-refractivity contribution in [2.45, 2.75) is 39.5 Å². The largest absolute Gasteiger partial charge is 0.481 e. The Morgan fingerprint density at radius 3 is 2.62 bits per heavy atom. The molecule has 0 heterocycles. The number of carbonyl (C=O) groups excluding carboxylic acids is 1. The second-order valence-corrected chi connectivity index (χ2v) is 4.11. The highest BCUT2D eigenvalue weighted by atomic mass is 16.4. The smallest absolute Gasteiger partial charge is 0.307 e. The average Bonchev–Trinajstić information content (AvgIpc) is 2.09. The van der Waals surface area contributed by atoms with Crippen molar-refractivity contribution in [2.24, 2.45) is 11.3 Å². The summed E-state index contributed by atoms with van der Waals surface area (Å²) in [5, 5.41) is 8.87. The van der Waals surface area contributed by atoms with E-state index in [2.05, 4.69) is 0 Å². The highest BCUT2D eigenvalue weighted by Crippen LogP contribution is 2.39. The van der Waals surface area contributed by atoms with Crippen LogP contribution in [0.4, 0.5) is 0 Å². The monoisotopic (exact) mass is 184 g/mol. The molecule has 1 fully saturated rings. The maximum Gasteiger partial charge on any atom is 0.307 e. The second kappa shape index (κ2) is 3.48. The van der Waals surface area contributed by atoms with E-state index in [4.69, 9.17) is 5.11 Å². The molecule has 0 saturated heterocycles. The van der Waals surface area contributed by atoms with Crippen molar-refractivity contribution in [1.29, 1.82) is 0 Å². The molecule has 13 heavy (non-hydrogen) atoms. The van der Waals surface area contributed by atoms with Crippen molar-refractivity contribution in [1.82, 2.24) is 0 Å². The average molecular weight is 184 g/mol. The topological polar surface area (TPSA) is 54.4 Å². The summed E-state index contributed by atoms with van der Waals surface area (Å²) in [6.45, 7) is 3.42. The van der Waals surface area contributed by atoms with Crippen LogP contribution in [0, 0.1) is 11.3 Å². The van der Waals surface area contributed by atoms with E-state index in [0.717, 1.165) is 19.3 Å². The van der Waals surface area contributed by atoms with Gasteiger partial charge in [-0.1, -0.05) is 20.3 Å². The molecule has 1 aliphatic carbocycles. The summed E-state index contributed by atoms with van der Waals surface area (Å²) < 4.78 is 0. The number of hydrogen-bond donors (Lipinski definition) is 1. The Morgan fingerprint density at radius 2 is 2.15 bits per heavy atom. The van der Waals surface area contributed by atoms with E-state index in [-0.39, 0.29) is 5.78 Å². The summed E-state index contributed by atoms with van der Waals surface area (Å²) in [5.74, 6) is -1.30. The molecule has 0 bridgehead atoms. The third-order valence-corrected chi connectivity index (χ3v) is 3.31. The molecule has 0 aliphatic heterocycles. The van der Waals surface area contributed by atoms with Crippen LogP contribution in [0.1, 0.15) is 39.5 Å². The lowest BCUT2D eigenvalue weighted by Crippen LogP contribution is -2.40. The summed E-state index contributed by atoms with van der Waals surface area (Å²) >= 11 is 0. The van der Waals surface area contributed by atoms with Crippen LogP contribution in [0.3, 0.4) is 0 Å². The lowest BCUT2D eigenvalue weighted by Gasteiger charge is -2.35. The number of carbonyl (C=O) groups is 2. The van der Waals surface area contributed by atoms with Crippen LogP contribution in [0.25, 0.3) is 0 Å². The van der Waals surface area contributed by atoms with Gasteiger partial charge in [-0.25, -0.2) is 0 Å². The van der Waals surface area contributed by atoms with Gasteiger partial charge in [-0.2, -0.15) is 0 Å². The van der Waals surface area contributed by atoms with Gasteiger partial charge in [0.2, 0.25) is 0 Å². The molecular formula is C10H16O3. The SMILES string of the molecule is CC(C(=O)O)[C@@]1(C)CCCCC1=O.